The Bertz CT molecular complexity index is 1200. The number of amides is 1. The molecule has 1 aromatic heterocycles. The van der Waals surface area contributed by atoms with Gasteiger partial charge in [-0.25, -0.2) is 4.39 Å². The van der Waals surface area contributed by atoms with E-state index < -0.39 is 11.9 Å². The van der Waals surface area contributed by atoms with Crippen molar-refractivity contribution in [3.8, 4) is 16.9 Å². The molecule has 1 amide bonds. The molecule has 172 valence electrons. The summed E-state index contributed by atoms with van der Waals surface area (Å²) in [6, 6.07) is 9.68. The molecule has 33 heavy (non-hydrogen) atoms. The molecule has 0 N–H and O–H groups in total. The Hall–Kier alpha value is -2.41. The molecule has 3 heterocycles. The minimum atomic E-state index is -0.613. The van der Waals surface area contributed by atoms with E-state index >= 15 is 0 Å². The van der Waals surface area contributed by atoms with Gasteiger partial charge in [-0.2, -0.15) is 0 Å². The molecule has 0 bridgehead atoms. The van der Waals surface area contributed by atoms with Crippen molar-refractivity contribution in [1.82, 2.24) is 9.88 Å². The van der Waals surface area contributed by atoms with Crippen molar-refractivity contribution in [2.45, 2.75) is 25.9 Å². The maximum Gasteiger partial charge on any atom is 0.263 e. The van der Waals surface area contributed by atoms with E-state index in [1.54, 1.807) is 31.3 Å². The second-order valence-corrected chi connectivity index (χ2v) is 9.67. The maximum absolute atomic E-state index is 13.6. The van der Waals surface area contributed by atoms with Crippen LogP contribution < -0.4 is 4.74 Å². The van der Waals surface area contributed by atoms with Crippen LogP contribution in [0.3, 0.4) is 0 Å². The predicted molar refractivity (Wildman–Crippen MR) is 126 cm³/mol. The Labute approximate surface area is 201 Å². The molecule has 2 aliphatic heterocycles. The highest BCUT2D eigenvalue weighted by atomic mass is 35.5. The Morgan fingerprint density at radius 1 is 1.15 bits per heavy atom. The molecule has 5 nitrogen and oxygen atoms in total. The number of hydrogen-bond donors (Lipinski definition) is 0. The van der Waals surface area contributed by atoms with Crippen LogP contribution in [0.2, 0.25) is 10.0 Å². The first-order chi connectivity index (χ1) is 15.8. The zero-order chi connectivity index (χ0) is 23.2. The van der Waals surface area contributed by atoms with Crippen LogP contribution >= 0.6 is 23.2 Å². The summed E-state index contributed by atoms with van der Waals surface area (Å²) in [7, 11) is 0. The van der Waals surface area contributed by atoms with Crippen LogP contribution in [-0.2, 0) is 9.53 Å². The van der Waals surface area contributed by atoms with Crippen molar-refractivity contribution < 1.29 is 18.7 Å². The van der Waals surface area contributed by atoms with Crippen LogP contribution in [0.5, 0.6) is 5.75 Å². The average Bonchev–Trinajstić information content (AvgIpc) is 2.77. The fourth-order valence-corrected chi connectivity index (χ4v) is 5.28. The number of benzene rings is 2. The summed E-state index contributed by atoms with van der Waals surface area (Å²) in [5, 5.41) is 1.25. The fraction of sp³-hybridized carbons (Fsp3) is 0.360. The van der Waals surface area contributed by atoms with Crippen LogP contribution in [-0.4, -0.2) is 48.2 Å². The first-order valence-electron chi connectivity index (χ1n) is 10.9. The number of rotatable bonds is 4. The van der Waals surface area contributed by atoms with Gasteiger partial charge in [0.2, 0.25) is 0 Å². The van der Waals surface area contributed by atoms with E-state index in [0.29, 0.717) is 16.8 Å². The van der Waals surface area contributed by atoms with Gasteiger partial charge in [-0.3, -0.25) is 9.78 Å². The minimum absolute atomic E-state index is 0.0169. The molecule has 8 heteroatoms. The zero-order valence-corrected chi connectivity index (χ0v) is 19.6. The SMILES string of the molecule is C[C@@H](Oc1ccc2c(-c3c(Cl)cc(F)cc3Cl)ccnc2c1)C(=O)N1CCC2(CC1)COC2. The third kappa shape index (κ3) is 4.27. The number of piperidine rings is 1. The largest absolute Gasteiger partial charge is 0.481 e. The number of halogens is 3. The second-order valence-electron chi connectivity index (χ2n) is 8.86. The molecule has 0 radical (unpaired) electrons. The highest BCUT2D eigenvalue weighted by Gasteiger charge is 2.42. The van der Waals surface area contributed by atoms with Crippen LogP contribution in [0.1, 0.15) is 19.8 Å². The minimum Gasteiger partial charge on any atom is -0.481 e. The molecule has 0 saturated carbocycles. The van der Waals surface area contributed by atoms with Gasteiger partial charge in [0.15, 0.2) is 6.10 Å². The lowest BCUT2D eigenvalue weighted by Crippen LogP contribution is -2.53. The van der Waals surface area contributed by atoms with Crippen molar-refractivity contribution >= 4 is 40.0 Å². The van der Waals surface area contributed by atoms with Crippen LogP contribution in [0.25, 0.3) is 22.0 Å². The van der Waals surface area contributed by atoms with Crippen molar-refractivity contribution in [3.63, 3.8) is 0 Å². The number of ether oxygens (including phenoxy) is 2. The molecular formula is C25H23Cl2FN2O3. The molecule has 2 saturated heterocycles. The summed E-state index contributed by atoms with van der Waals surface area (Å²) in [6.07, 6.45) is 2.98. The van der Waals surface area contributed by atoms with Crippen LogP contribution in [0.15, 0.2) is 42.6 Å². The van der Waals surface area contributed by atoms with E-state index in [2.05, 4.69) is 4.98 Å². The van der Waals surface area contributed by atoms with Gasteiger partial charge in [0.25, 0.3) is 5.91 Å². The average molecular weight is 489 g/mol. The molecule has 3 aromatic rings. The van der Waals surface area contributed by atoms with Gasteiger partial charge in [-0.15, -0.1) is 0 Å². The van der Waals surface area contributed by atoms with Gasteiger partial charge < -0.3 is 14.4 Å². The highest BCUT2D eigenvalue weighted by Crippen LogP contribution is 2.40. The Morgan fingerprint density at radius 3 is 2.48 bits per heavy atom. The number of likely N-dealkylation sites (tertiary alicyclic amines) is 1. The maximum atomic E-state index is 13.6. The van der Waals surface area contributed by atoms with Gasteiger partial charge in [0.1, 0.15) is 11.6 Å². The lowest BCUT2D eigenvalue weighted by Gasteiger charge is -2.47. The van der Waals surface area contributed by atoms with E-state index in [1.165, 1.54) is 12.1 Å². The molecule has 2 fully saturated rings. The lowest BCUT2D eigenvalue weighted by atomic mass is 9.77. The van der Waals surface area contributed by atoms with Crippen LogP contribution in [0, 0.1) is 11.2 Å². The lowest BCUT2D eigenvalue weighted by molar-refractivity contribution is -0.157. The Kier molecular flexibility index (Phi) is 5.93. The molecule has 0 unspecified atom stereocenters. The number of pyridine rings is 1. The normalized spacial score (nSPS) is 18.2. The second kappa shape index (κ2) is 8.75. The first-order valence-corrected chi connectivity index (χ1v) is 11.7. The van der Waals surface area contributed by atoms with Gasteiger partial charge >= 0.3 is 0 Å². The van der Waals surface area contributed by atoms with Crippen LogP contribution in [0.4, 0.5) is 4.39 Å². The number of carbonyl (C=O) groups is 1. The standard InChI is InChI=1S/C25H23Cl2FN2O3/c1-15(24(31)30-8-5-25(6-9-30)13-32-14-25)33-17-2-3-18-19(4-7-29-22(18)12-17)23-20(26)10-16(28)11-21(23)27/h2-4,7,10-12,15H,5-6,8-9,13-14H2,1H3/t15-/m1/s1. The van der Waals surface area contributed by atoms with E-state index in [9.17, 15) is 9.18 Å². The summed E-state index contributed by atoms with van der Waals surface area (Å²) < 4.78 is 25.0. The molecule has 1 spiro atoms. The number of carbonyl (C=O) groups excluding carboxylic acids is 1. The molecular weight excluding hydrogens is 466 g/mol. The van der Waals surface area contributed by atoms with Gasteiger partial charge in [-0.1, -0.05) is 23.2 Å². The smallest absolute Gasteiger partial charge is 0.263 e. The molecule has 1 atom stereocenters. The summed E-state index contributed by atoms with van der Waals surface area (Å²) >= 11 is 12.6. The number of hydrogen-bond acceptors (Lipinski definition) is 4. The molecule has 2 aromatic carbocycles. The fourth-order valence-electron chi connectivity index (χ4n) is 4.61. The number of nitrogens with zero attached hydrogens (tertiary/aromatic N) is 2. The van der Waals surface area contributed by atoms with Gasteiger partial charge in [0.05, 0.1) is 28.8 Å². The van der Waals surface area contributed by atoms with Gasteiger partial charge in [0, 0.05) is 41.7 Å². The quantitative estimate of drug-likeness (QED) is 0.468. The highest BCUT2D eigenvalue weighted by molar-refractivity contribution is 6.39. The van der Waals surface area contributed by atoms with E-state index in [1.807, 2.05) is 11.0 Å². The third-order valence-electron chi connectivity index (χ3n) is 6.60. The Morgan fingerprint density at radius 2 is 1.85 bits per heavy atom. The zero-order valence-electron chi connectivity index (χ0n) is 18.1. The molecule has 0 aliphatic carbocycles. The van der Waals surface area contributed by atoms with Crippen molar-refractivity contribution in [2.75, 3.05) is 26.3 Å². The summed E-state index contributed by atoms with van der Waals surface area (Å²) in [4.78, 5) is 19.2. The molecule has 2 aliphatic rings. The number of aromatic nitrogens is 1. The van der Waals surface area contributed by atoms with E-state index in [-0.39, 0.29) is 21.4 Å². The number of fused-ring (bicyclic) bond motifs is 1. The van der Waals surface area contributed by atoms with Crippen molar-refractivity contribution in [2.24, 2.45) is 5.41 Å². The summed E-state index contributed by atoms with van der Waals surface area (Å²) in [6.45, 7) is 4.85. The van der Waals surface area contributed by atoms with Gasteiger partial charge in [-0.05, 0) is 55.7 Å². The summed E-state index contributed by atoms with van der Waals surface area (Å²) in [5.74, 6) is 0.0355. The predicted octanol–water partition coefficient (Wildman–Crippen LogP) is 5.75. The Balaban J connectivity index is 1.34. The van der Waals surface area contributed by atoms with Crippen molar-refractivity contribution in [1.29, 1.82) is 0 Å². The monoisotopic (exact) mass is 488 g/mol. The van der Waals surface area contributed by atoms with Crippen molar-refractivity contribution in [3.05, 3.63) is 58.5 Å². The first kappa shape index (κ1) is 22.4. The third-order valence-corrected chi connectivity index (χ3v) is 7.20. The summed E-state index contributed by atoms with van der Waals surface area (Å²) in [5.41, 5.74) is 2.22. The topological polar surface area (TPSA) is 51.7 Å². The molecule has 5 rings (SSSR count). The van der Waals surface area contributed by atoms with E-state index in [0.717, 1.165) is 50.1 Å². The van der Waals surface area contributed by atoms with E-state index in [4.69, 9.17) is 32.7 Å².